The van der Waals surface area contributed by atoms with E-state index >= 15 is 0 Å². The summed E-state index contributed by atoms with van der Waals surface area (Å²) >= 11 is 0. The van der Waals surface area contributed by atoms with Crippen molar-refractivity contribution in [2.45, 2.75) is 0 Å². The number of rotatable bonds is 2. The van der Waals surface area contributed by atoms with Crippen LogP contribution in [-0.2, 0) is 0 Å². The minimum Gasteiger partial charge on any atom is -0.274 e. The zero-order valence-electron chi connectivity index (χ0n) is 5.79. The van der Waals surface area contributed by atoms with Gasteiger partial charge in [-0.1, -0.05) is 6.08 Å². The molecule has 1 aromatic heterocycles. The van der Waals surface area contributed by atoms with Crippen molar-refractivity contribution in [3.63, 3.8) is 0 Å². The lowest BCUT2D eigenvalue weighted by Crippen LogP contribution is -1.76. The van der Waals surface area contributed by atoms with Crippen LogP contribution >= 0.6 is 0 Å². The van der Waals surface area contributed by atoms with Crippen LogP contribution < -0.4 is 0 Å². The molecule has 0 fully saturated rings. The van der Waals surface area contributed by atoms with Gasteiger partial charge in [0, 0.05) is 12.4 Å². The van der Waals surface area contributed by atoms with Crippen LogP contribution in [0.4, 0.5) is 4.39 Å². The second-order valence-corrected chi connectivity index (χ2v) is 1.96. The number of nitrogens with one attached hydrogen (secondary N) is 1. The second kappa shape index (κ2) is 3.61. The third kappa shape index (κ3) is 2.71. The molecule has 1 N–H and O–H groups in total. The number of pyridine rings is 1. The molecule has 0 aliphatic rings. The first kappa shape index (κ1) is 7.60. The lowest BCUT2D eigenvalue weighted by molar-refractivity contribution is 0.804. The zero-order chi connectivity index (χ0) is 8.10. The maximum atomic E-state index is 11.9. The largest absolute Gasteiger partial charge is 0.274 e. The van der Waals surface area contributed by atoms with Crippen LogP contribution in [0.1, 0.15) is 5.56 Å². The molecule has 0 saturated heterocycles. The van der Waals surface area contributed by atoms with Gasteiger partial charge in [-0.3, -0.25) is 10.4 Å². The van der Waals surface area contributed by atoms with E-state index in [1.807, 2.05) is 0 Å². The molecule has 2 nitrogen and oxygen atoms in total. The summed E-state index contributed by atoms with van der Waals surface area (Å²) in [5.74, 6) is -0.943. The molecule has 0 atom stereocenters. The first-order chi connectivity index (χ1) is 5.29. The number of halogens is 1. The molecule has 0 amide bonds. The fourth-order valence-corrected chi connectivity index (χ4v) is 0.644. The number of hydrogen-bond acceptors (Lipinski definition) is 2. The highest BCUT2D eigenvalue weighted by Crippen LogP contribution is 1.98. The van der Waals surface area contributed by atoms with Gasteiger partial charge in [0.1, 0.15) is 0 Å². The van der Waals surface area contributed by atoms with Gasteiger partial charge < -0.3 is 0 Å². The van der Waals surface area contributed by atoms with Crippen LogP contribution in [0.2, 0.25) is 0 Å². The smallest absolute Gasteiger partial charge is 0.205 e. The van der Waals surface area contributed by atoms with Crippen LogP contribution in [0.3, 0.4) is 0 Å². The van der Waals surface area contributed by atoms with Crippen molar-refractivity contribution in [1.82, 2.24) is 4.98 Å². The van der Waals surface area contributed by atoms with E-state index in [9.17, 15) is 4.39 Å². The molecule has 11 heavy (non-hydrogen) atoms. The maximum absolute atomic E-state index is 11.9. The Bertz CT molecular complexity index is 267. The zero-order valence-corrected chi connectivity index (χ0v) is 5.79. The molecule has 1 heterocycles. The monoisotopic (exact) mass is 150 g/mol. The van der Waals surface area contributed by atoms with Gasteiger partial charge in [-0.2, -0.15) is 4.39 Å². The molecule has 1 rings (SSSR count). The quantitative estimate of drug-likeness (QED) is 0.643. The molecule has 0 aliphatic carbocycles. The molecule has 0 spiro atoms. The predicted molar refractivity (Wildman–Crippen MR) is 42.1 cm³/mol. The van der Waals surface area contributed by atoms with Gasteiger partial charge in [-0.05, 0) is 23.8 Å². The van der Waals surface area contributed by atoms with E-state index < -0.39 is 5.97 Å². The van der Waals surface area contributed by atoms with E-state index in [2.05, 4.69) is 4.98 Å². The standard InChI is InChI=1S/C8H7FN2/c9-8(10)2-1-7-3-5-11-6-4-7/h1-6,10H/b2-1+,10-8?. The van der Waals surface area contributed by atoms with Crippen LogP contribution in [-0.4, -0.2) is 10.9 Å². The van der Waals surface area contributed by atoms with Crippen LogP contribution in [0.15, 0.2) is 30.6 Å². The Morgan fingerprint density at radius 2 is 2.09 bits per heavy atom. The fraction of sp³-hybridized carbons (Fsp3) is 0. The Hall–Kier alpha value is -1.51. The molecular weight excluding hydrogens is 143 g/mol. The summed E-state index contributed by atoms with van der Waals surface area (Å²) in [4.78, 5) is 3.79. The Balaban J connectivity index is 2.72. The molecule has 0 saturated carbocycles. The summed E-state index contributed by atoms with van der Waals surface area (Å²) in [6.07, 6.45) is 5.84. The van der Waals surface area contributed by atoms with Gasteiger partial charge in [0.05, 0.1) is 0 Å². The SMILES string of the molecule is N=C(F)/C=C/c1ccncc1. The highest BCUT2D eigenvalue weighted by molar-refractivity contribution is 5.88. The predicted octanol–water partition coefficient (Wildman–Crippen LogP) is 2.04. The molecule has 0 aliphatic heterocycles. The van der Waals surface area contributed by atoms with Crippen molar-refractivity contribution in [3.8, 4) is 0 Å². The van der Waals surface area contributed by atoms with E-state index in [0.29, 0.717) is 0 Å². The summed E-state index contributed by atoms with van der Waals surface area (Å²) in [6.45, 7) is 0. The molecule has 0 unspecified atom stereocenters. The van der Waals surface area contributed by atoms with Crippen molar-refractivity contribution in [3.05, 3.63) is 36.2 Å². The maximum Gasteiger partial charge on any atom is 0.205 e. The number of hydrogen-bond donors (Lipinski definition) is 1. The molecule has 0 radical (unpaired) electrons. The van der Waals surface area contributed by atoms with E-state index in [-0.39, 0.29) is 0 Å². The second-order valence-electron chi connectivity index (χ2n) is 1.96. The first-order valence-corrected chi connectivity index (χ1v) is 3.11. The number of nitrogens with zero attached hydrogens (tertiary/aromatic N) is 1. The van der Waals surface area contributed by atoms with Gasteiger partial charge in [-0.25, -0.2) is 0 Å². The summed E-state index contributed by atoms with van der Waals surface area (Å²) in [7, 11) is 0. The molecule has 0 bridgehead atoms. The third-order valence-electron chi connectivity index (χ3n) is 1.13. The third-order valence-corrected chi connectivity index (χ3v) is 1.13. The molecule has 0 aromatic carbocycles. The number of aromatic nitrogens is 1. The van der Waals surface area contributed by atoms with Gasteiger partial charge in [0.25, 0.3) is 0 Å². The molecule has 1 aromatic rings. The van der Waals surface area contributed by atoms with E-state index in [0.717, 1.165) is 11.6 Å². The highest BCUT2D eigenvalue weighted by atomic mass is 19.1. The lowest BCUT2D eigenvalue weighted by Gasteiger charge is -1.87. The normalized spacial score (nSPS) is 10.3. The van der Waals surface area contributed by atoms with Crippen molar-refractivity contribution in [2.24, 2.45) is 0 Å². The minimum atomic E-state index is -0.943. The number of allylic oxidation sites excluding steroid dienone is 1. The van der Waals surface area contributed by atoms with Gasteiger partial charge in [0.2, 0.25) is 5.97 Å². The summed E-state index contributed by atoms with van der Waals surface area (Å²) in [5, 5.41) is 6.47. The van der Waals surface area contributed by atoms with Crippen LogP contribution in [0.5, 0.6) is 0 Å². The van der Waals surface area contributed by atoms with E-state index in [1.54, 1.807) is 24.5 Å². The average Bonchev–Trinajstić information content (AvgIpc) is 2.03. The van der Waals surface area contributed by atoms with Crippen molar-refractivity contribution in [2.75, 3.05) is 0 Å². The van der Waals surface area contributed by atoms with Crippen molar-refractivity contribution >= 4 is 12.0 Å². The average molecular weight is 150 g/mol. The van der Waals surface area contributed by atoms with E-state index in [4.69, 9.17) is 5.41 Å². The van der Waals surface area contributed by atoms with Gasteiger partial charge in [0.15, 0.2) is 0 Å². The Kier molecular flexibility index (Phi) is 2.49. The van der Waals surface area contributed by atoms with Crippen LogP contribution in [0, 0.1) is 5.41 Å². The Morgan fingerprint density at radius 1 is 1.45 bits per heavy atom. The van der Waals surface area contributed by atoms with Gasteiger partial charge in [-0.15, -0.1) is 0 Å². The molecule has 56 valence electrons. The Morgan fingerprint density at radius 3 is 2.64 bits per heavy atom. The van der Waals surface area contributed by atoms with Crippen molar-refractivity contribution in [1.29, 1.82) is 5.41 Å². The minimum absolute atomic E-state index is 0.836. The fourth-order valence-electron chi connectivity index (χ4n) is 0.644. The summed E-state index contributed by atoms with van der Waals surface area (Å²) in [6, 6.07) is 3.47. The van der Waals surface area contributed by atoms with Crippen LogP contribution in [0.25, 0.3) is 6.08 Å². The summed E-state index contributed by atoms with van der Waals surface area (Å²) < 4.78 is 11.9. The lowest BCUT2D eigenvalue weighted by atomic mass is 10.2. The molecule has 3 heteroatoms. The van der Waals surface area contributed by atoms with Gasteiger partial charge >= 0.3 is 0 Å². The van der Waals surface area contributed by atoms with Crippen molar-refractivity contribution < 1.29 is 4.39 Å². The Labute approximate surface area is 63.9 Å². The highest BCUT2D eigenvalue weighted by Gasteiger charge is 1.84. The first-order valence-electron chi connectivity index (χ1n) is 3.11. The topological polar surface area (TPSA) is 36.7 Å². The van der Waals surface area contributed by atoms with E-state index in [1.165, 1.54) is 6.08 Å². The summed E-state index contributed by atoms with van der Waals surface area (Å²) in [5.41, 5.74) is 0.836. The molecular formula is C8H7FN2.